The number of aryl methyl sites for hydroxylation is 1. The summed E-state index contributed by atoms with van der Waals surface area (Å²) in [6.45, 7) is 1.34. The molecule has 4 aromatic rings. The number of amides is 1. The van der Waals surface area contributed by atoms with Gasteiger partial charge in [-0.2, -0.15) is 13.2 Å². The minimum absolute atomic E-state index is 0.0889. The van der Waals surface area contributed by atoms with Crippen molar-refractivity contribution in [2.24, 2.45) is 0 Å². The van der Waals surface area contributed by atoms with Gasteiger partial charge in [-0.15, -0.1) is 0 Å². The quantitative estimate of drug-likeness (QED) is 0.287. The molecule has 2 aliphatic heterocycles. The van der Waals surface area contributed by atoms with Crippen molar-refractivity contribution in [2.75, 3.05) is 5.32 Å². The molecule has 0 aliphatic carbocycles. The van der Waals surface area contributed by atoms with Gasteiger partial charge < -0.3 is 9.84 Å². The van der Waals surface area contributed by atoms with Crippen molar-refractivity contribution in [3.05, 3.63) is 99.4 Å². The molecular weight excluding hydrogens is 489 g/mol. The van der Waals surface area contributed by atoms with Gasteiger partial charge in [-0.05, 0) is 29.3 Å². The third-order valence-corrected chi connectivity index (χ3v) is 7.38. The summed E-state index contributed by atoms with van der Waals surface area (Å²) < 4.78 is 49.9. The van der Waals surface area contributed by atoms with Crippen molar-refractivity contribution in [3.63, 3.8) is 0 Å². The van der Waals surface area contributed by atoms with Crippen LogP contribution < -0.4 is 10.6 Å². The number of rotatable bonds is 3. The van der Waals surface area contributed by atoms with Crippen molar-refractivity contribution in [1.82, 2.24) is 10.5 Å². The summed E-state index contributed by atoms with van der Waals surface area (Å²) in [5, 5.41) is 22.3. The van der Waals surface area contributed by atoms with E-state index < -0.39 is 46.1 Å². The van der Waals surface area contributed by atoms with E-state index in [4.69, 9.17) is 4.52 Å². The molecule has 1 fully saturated rings. The van der Waals surface area contributed by atoms with Gasteiger partial charge in [0.15, 0.2) is 5.69 Å². The van der Waals surface area contributed by atoms with E-state index in [-0.39, 0.29) is 22.6 Å². The van der Waals surface area contributed by atoms with Gasteiger partial charge in [0.25, 0.3) is 0 Å². The number of anilines is 1. The number of fused-ring (bicyclic) bond motifs is 3. The Morgan fingerprint density at radius 2 is 1.76 bits per heavy atom. The van der Waals surface area contributed by atoms with Crippen LogP contribution in [0.15, 0.2) is 71.3 Å². The number of carbonyl (C=O) groups is 1. The minimum Gasteiger partial charge on any atom is -0.353 e. The van der Waals surface area contributed by atoms with Crippen molar-refractivity contribution in [3.8, 4) is 0 Å². The predicted molar refractivity (Wildman–Crippen MR) is 127 cm³/mol. The Labute approximate surface area is 207 Å². The molecule has 2 N–H and O–H groups in total. The lowest BCUT2D eigenvalue weighted by molar-refractivity contribution is -0.386. The topological polar surface area (TPSA) is 110 Å². The maximum absolute atomic E-state index is 14.8. The lowest BCUT2D eigenvalue weighted by atomic mass is 9.70. The number of hydrogen-bond donors (Lipinski definition) is 2. The van der Waals surface area contributed by atoms with Crippen LogP contribution in [0.5, 0.6) is 0 Å². The van der Waals surface area contributed by atoms with E-state index in [9.17, 15) is 28.1 Å². The molecule has 1 spiro atoms. The van der Waals surface area contributed by atoms with E-state index in [0.29, 0.717) is 16.5 Å². The molecule has 11 heteroatoms. The third-order valence-electron chi connectivity index (χ3n) is 7.38. The molecule has 1 saturated heterocycles. The molecule has 0 saturated carbocycles. The number of aromatic nitrogens is 1. The summed E-state index contributed by atoms with van der Waals surface area (Å²) in [7, 11) is 0. The molecule has 4 atom stereocenters. The maximum atomic E-state index is 14.8. The maximum Gasteiger partial charge on any atom is 0.404 e. The second-order valence-corrected chi connectivity index (χ2v) is 9.28. The molecule has 0 radical (unpaired) electrons. The van der Waals surface area contributed by atoms with Crippen molar-refractivity contribution >= 4 is 28.1 Å². The average Bonchev–Trinajstić information content (AvgIpc) is 3.51. The van der Waals surface area contributed by atoms with E-state index >= 15 is 0 Å². The minimum atomic E-state index is -4.81. The fraction of sp³-hybridized carbons (Fsp3) is 0.231. The van der Waals surface area contributed by atoms with E-state index in [2.05, 4.69) is 15.8 Å². The van der Waals surface area contributed by atoms with Gasteiger partial charge in [0.05, 0.1) is 10.8 Å². The molecule has 8 nitrogen and oxygen atoms in total. The van der Waals surface area contributed by atoms with Crippen molar-refractivity contribution < 1.29 is 27.4 Å². The number of nitro groups is 1. The Morgan fingerprint density at radius 3 is 2.51 bits per heavy atom. The zero-order valence-electron chi connectivity index (χ0n) is 19.2. The monoisotopic (exact) mass is 508 g/mol. The van der Waals surface area contributed by atoms with E-state index in [1.165, 1.54) is 6.92 Å². The lowest BCUT2D eigenvalue weighted by Crippen LogP contribution is -2.52. The molecule has 1 aromatic heterocycles. The van der Waals surface area contributed by atoms with Crippen LogP contribution in [0.4, 0.5) is 24.5 Å². The molecular formula is C26H19F3N4O4. The van der Waals surface area contributed by atoms with Crippen LogP contribution in [0, 0.1) is 17.0 Å². The first-order valence-electron chi connectivity index (χ1n) is 11.5. The Hall–Kier alpha value is -4.25. The SMILES string of the molecule is Cc1noc([C@@H]2[C@@H](c3cccc4ccccc34)[C@H](C(F)(F)F)N[C@@]23C(=O)Nc2ccccc23)c1[N+](=O)[O-]. The lowest BCUT2D eigenvalue weighted by Gasteiger charge is -2.30. The molecule has 0 bridgehead atoms. The summed E-state index contributed by atoms with van der Waals surface area (Å²) in [5.41, 5.74) is -1.77. The second-order valence-electron chi connectivity index (χ2n) is 9.28. The summed E-state index contributed by atoms with van der Waals surface area (Å²) in [4.78, 5) is 25.0. The third kappa shape index (κ3) is 3.20. The first-order chi connectivity index (χ1) is 17.6. The van der Waals surface area contributed by atoms with Gasteiger partial charge in [-0.1, -0.05) is 65.8 Å². The van der Waals surface area contributed by atoms with Gasteiger partial charge in [-0.3, -0.25) is 20.2 Å². The number of para-hydroxylation sites is 1. The molecule has 188 valence electrons. The van der Waals surface area contributed by atoms with Gasteiger partial charge in [-0.25, -0.2) is 0 Å². The predicted octanol–water partition coefficient (Wildman–Crippen LogP) is 5.29. The number of halogens is 3. The van der Waals surface area contributed by atoms with Crippen LogP contribution >= 0.6 is 0 Å². The second kappa shape index (κ2) is 7.87. The van der Waals surface area contributed by atoms with Gasteiger partial charge in [0.1, 0.15) is 11.6 Å². The molecule has 37 heavy (non-hydrogen) atoms. The Kier molecular flexibility index (Phi) is 4.93. The summed E-state index contributed by atoms with van der Waals surface area (Å²) in [6, 6.07) is 16.1. The van der Waals surface area contributed by atoms with Gasteiger partial charge >= 0.3 is 11.9 Å². The zero-order chi connectivity index (χ0) is 26.1. The van der Waals surface area contributed by atoms with Crippen LogP contribution in [-0.4, -0.2) is 28.2 Å². The highest BCUT2D eigenvalue weighted by Crippen LogP contribution is 2.61. The molecule has 3 aromatic carbocycles. The molecule has 3 heterocycles. The highest BCUT2D eigenvalue weighted by atomic mass is 19.4. The van der Waals surface area contributed by atoms with Gasteiger partial charge in [0.2, 0.25) is 11.7 Å². The summed E-state index contributed by atoms with van der Waals surface area (Å²) >= 11 is 0. The molecule has 1 amide bonds. The number of benzene rings is 3. The van der Waals surface area contributed by atoms with Crippen LogP contribution in [0.3, 0.4) is 0 Å². The molecule has 6 rings (SSSR count). The van der Waals surface area contributed by atoms with E-state index in [0.717, 1.165) is 0 Å². The van der Waals surface area contributed by atoms with Crippen LogP contribution in [0.1, 0.15) is 34.4 Å². The number of nitrogens with one attached hydrogen (secondary N) is 2. The fourth-order valence-corrected chi connectivity index (χ4v) is 5.97. The Balaban J connectivity index is 1.73. The summed E-state index contributed by atoms with van der Waals surface area (Å²) in [5.74, 6) is -4.05. The average molecular weight is 508 g/mol. The fourth-order valence-electron chi connectivity index (χ4n) is 5.97. The molecule has 2 aliphatic rings. The van der Waals surface area contributed by atoms with Crippen LogP contribution in [-0.2, 0) is 10.3 Å². The Bertz CT molecular complexity index is 1580. The number of nitrogens with zero attached hydrogens (tertiary/aromatic N) is 2. The summed E-state index contributed by atoms with van der Waals surface area (Å²) in [6.07, 6.45) is -4.81. The first kappa shape index (κ1) is 23.2. The standard InChI is InChI=1S/C26H19F3N4O4/c1-13-21(33(35)36)22(37-32-13)20-19(16-10-6-8-14-7-2-3-9-15(14)16)23(26(27,28)29)31-25(20)17-11-4-5-12-18(17)30-24(25)34/h2-12,19-20,23,31H,1H3,(H,30,34)/t19-,20+,23-,25-/m1/s1. The van der Waals surface area contributed by atoms with Crippen LogP contribution in [0.25, 0.3) is 10.8 Å². The van der Waals surface area contributed by atoms with Crippen molar-refractivity contribution in [2.45, 2.75) is 36.5 Å². The van der Waals surface area contributed by atoms with E-state index in [1.54, 1.807) is 66.7 Å². The normalized spacial score (nSPS) is 25.0. The number of carbonyl (C=O) groups excluding carboxylic acids is 1. The highest BCUT2D eigenvalue weighted by molar-refractivity contribution is 6.07. The van der Waals surface area contributed by atoms with E-state index in [1.807, 2.05) is 0 Å². The largest absolute Gasteiger partial charge is 0.404 e. The zero-order valence-corrected chi connectivity index (χ0v) is 19.2. The van der Waals surface area contributed by atoms with Crippen molar-refractivity contribution in [1.29, 1.82) is 0 Å². The number of alkyl halides is 3. The van der Waals surface area contributed by atoms with Crippen LogP contribution in [0.2, 0.25) is 0 Å². The number of hydrogen-bond acceptors (Lipinski definition) is 6. The molecule has 0 unspecified atom stereocenters. The highest BCUT2D eigenvalue weighted by Gasteiger charge is 2.69. The first-order valence-corrected chi connectivity index (χ1v) is 11.5. The smallest absolute Gasteiger partial charge is 0.353 e. The van der Waals surface area contributed by atoms with Gasteiger partial charge in [0, 0.05) is 17.2 Å². The Morgan fingerprint density at radius 1 is 1.05 bits per heavy atom.